The number of aliphatic hydroxyl groups excluding tert-OH is 1. The monoisotopic (exact) mass is 175 g/mol. The topological polar surface area (TPSA) is 32.3 Å². The summed E-state index contributed by atoms with van der Waals surface area (Å²) in [5, 5.41) is 12.3. The Bertz CT molecular complexity index is 134. The fraction of sp³-hybridized carbons (Fsp3) is 1.00. The third-order valence-electron chi connectivity index (χ3n) is 2.69. The van der Waals surface area contributed by atoms with Crippen molar-refractivity contribution in [1.29, 1.82) is 0 Å². The van der Waals surface area contributed by atoms with E-state index >= 15 is 0 Å². The highest BCUT2D eigenvalue weighted by molar-refractivity contribution is 4.93. The smallest absolute Gasteiger partial charge is 0.102 e. The molecule has 0 aromatic heterocycles. The van der Waals surface area contributed by atoms with Crippen LogP contribution in [-0.2, 0) is 0 Å². The van der Waals surface area contributed by atoms with E-state index in [0.717, 1.165) is 19.4 Å². The molecule has 0 aromatic carbocycles. The first-order chi connectivity index (χ1) is 5.72. The second-order valence-electron chi connectivity index (χ2n) is 3.68. The molecule has 1 aliphatic heterocycles. The van der Waals surface area contributed by atoms with Gasteiger partial charge in [0.25, 0.3) is 0 Å². The van der Waals surface area contributed by atoms with Gasteiger partial charge in [0, 0.05) is 5.54 Å². The average molecular weight is 175 g/mol. The van der Waals surface area contributed by atoms with Crippen LogP contribution >= 0.6 is 0 Å². The molecule has 2 nitrogen and oxygen atoms in total. The van der Waals surface area contributed by atoms with Crippen molar-refractivity contribution < 1.29 is 9.50 Å². The highest BCUT2D eigenvalue weighted by Crippen LogP contribution is 2.26. The Kier molecular flexibility index (Phi) is 3.47. The van der Waals surface area contributed by atoms with E-state index in [1.54, 1.807) is 0 Å². The van der Waals surface area contributed by atoms with Crippen LogP contribution in [0.2, 0.25) is 0 Å². The number of nitrogens with one attached hydrogen (secondary N) is 1. The fourth-order valence-electron chi connectivity index (χ4n) is 1.81. The first kappa shape index (κ1) is 9.93. The van der Waals surface area contributed by atoms with Crippen LogP contribution in [0.15, 0.2) is 0 Å². The van der Waals surface area contributed by atoms with Crippen LogP contribution in [0, 0.1) is 0 Å². The predicted octanol–water partition coefficient (Wildman–Crippen LogP) is 1.24. The average Bonchev–Trinajstić information content (AvgIpc) is 2.54. The summed E-state index contributed by atoms with van der Waals surface area (Å²) in [6.45, 7) is 2.81. The van der Waals surface area contributed by atoms with Gasteiger partial charge in [0.15, 0.2) is 0 Å². The van der Waals surface area contributed by atoms with Crippen molar-refractivity contribution in [3.05, 3.63) is 0 Å². The molecule has 2 N–H and O–H groups in total. The zero-order chi connectivity index (χ0) is 9.03. The molecular weight excluding hydrogens is 157 g/mol. The lowest BCUT2D eigenvalue weighted by molar-refractivity contribution is 0.133. The lowest BCUT2D eigenvalue weighted by atomic mass is 9.91. The van der Waals surface area contributed by atoms with Gasteiger partial charge in [-0.2, -0.15) is 0 Å². The Balaban J connectivity index is 2.43. The molecule has 0 amide bonds. The standard InChI is InChI=1S/C9H18FNO/c1-2-8(10)6-9(7-12)4-3-5-11-9/h8,11-12H,2-7H2,1H3/t8-,9-/m0/s1. The summed E-state index contributed by atoms with van der Waals surface area (Å²) < 4.78 is 13.1. The Morgan fingerprint density at radius 3 is 2.83 bits per heavy atom. The molecule has 1 rings (SSSR count). The summed E-state index contributed by atoms with van der Waals surface area (Å²) in [4.78, 5) is 0. The van der Waals surface area contributed by atoms with Gasteiger partial charge in [-0.15, -0.1) is 0 Å². The van der Waals surface area contributed by atoms with E-state index in [4.69, 9.17) is 5.11 Å². The van der Waals surface area contributed by atoms with Gasteiger partial charge >= 0.3 is 0 Å². The number of hydrogen-bond acceptors (Lipinski definition) is 2. The van der Waals surface area contributed by atoms with E-state index in [1.807, 2.05) is 6.92 Å². The number of alkyl halides is 1. The molecule has 3 heteroatoms. The summed E-state index contributed by atoms with van der Waals surface area (Å²) in [5.74, 6) is 0. The quantitative estimate of drug-likeness (QED) is 0.673. The maximum absolute atomic E-state index is 13.1. The van der Waals surface area contributed by atoms with Gasteiger partial charge in [-0.05, 0) is 32.2 Å². The molecule has 2 atom stereocenters. The summed E-state index contributed by atoms with van der Waals surface area (Å²) in [5.41, 5.74) is -0.310. The predicted molar refractivity (Wildman–Crippen MR) is 46.9 cm³/mol. The van der Waals surface area contributed by atoms with Gasteiger partial charge in [0.1, 0.15) is 6.17 Å². The van der Waals surface area contributed by atoms with Crippen molar-refractivity contribution in [2.45, 2.75) is 44.3 Å². The molecular formula is C9H18FNO. The Morgan fingerprint density at radius 2 is 2.42 bits per heavy atom. The molecule has 0 saturated carbocycles. The molecule has 0 spiro atoms. The Morgan fingerprint density at radius 1 is 1.67 bits per heavy atom. The second-order valence-corrected chi connectivity index (χ2v) is 3.68. The maximum Gasteiger partial charge on any atom is 0.102 e. The van der Waals surface area contributed by atoms with Gasteiger partial charge in [-0.3, -0.25) is 0 Å². The van der Waals surface area contributed by atoms with Crippen LogP contribution in [0.5, 0.6) is 0 Å². The first-order valence-corrected chi connectivity index (χ1v) is 4.72. The Labute approximate surface area is 73.2 Å². The van der Waals surface area contributed by atoms with Crippen LogP contribution in [0.3, 0.4) is 0 Å². The molecule has 0 unspecified atom stereocenters. The summed E-state index contributed by atoms with van der Waals surface area (Å²) >= 11 is 0. The van der Waals surface area contributed by atoms with E-state index in [9.17, 15) is 4.39 Å². The van der Waals surface area contributed by atoms with Gasteiger partial charge in [-0.1, -0.05) is 6.92 Å². The zero-order valence-electron chi connectivity index (χ0n) is 7.65. The summed E-state index contributed by atoms with van der Waals surface area (Å²) in [7, 11) is 0. The maximum atomic E-state index is 13.1. The molecule has 12 heavy (non-hydrogen) atoms. The highest BCUT2D eigenvalue weighted by atomic mass is 19.1. The summed E-state index contributed by atoms with van der Waals surface area (Å²) in [6, 6.07) is 0. The number of hydrogen-bond donors (Lipinski definition) is 2. The van der Waals surface area contributed by atoms with Crippen LogP contribution in [0.25, 0.3) is 0 Å². The highest BCUT2D eigenvalue weighted by Gasteiger charge is 2.34. The molecule has 1 heterocycles. The number of aliphatic hydroxyl groups is 1. The fourth-order valence-corrected chi connectivity index (χ4v) is 1.81. The van der Waals surface area contributed by atoms with Crippen LogP contribution in [0.4, 0.5) is 4.39 Å². The minimum atomic E-state index is -0.775. The summed E-state index contributed by atoms with van der Waals surface area (Å²) in [6.07, 6.45) is 2.19. The third kappa shape index (κ3) is 2.17. The minimum absolute atomic E-state index is 0.0629. The molecule has 0 radical (unpaired) electrons. The van der Waals surface area contributed by atoms with Crippen LogP contribution < -0.4 is 5.32 Å². The zero-order valence-corrected chi connectivity index (χ0v) is 7.65. The van der Waals surface area contributed by atoms with E-state index in [0.29, 0.717) is 12.8 Å². The number of rotatable bonds is 4. The molecule has 0 aliphatic carbocycles. The Hall–Kier alpha value is -0.150. The van der Waals surface area contributed by atoms with Crippen LogP contribution in [0.1, 0.15) is 32.6 Å². The van der Waals surface area contributed by atoms with Gasteiger partial charge in [0.2, 0.25) is 0 Å². The van der Waals surface area contributed by atoms with Crippen molar-refractivity contribution >= 4 is 0 Å². The molecule has 1 aliphatic rings. The van der Waals surface area contributed by atoms with Gasteiger partial charge < -0.3 is 10.4 Å². The third-order valence-corrected chi connectivity index (χ3v) is 2.69. The molecule has 72 valence electrons. The largest absolute Gasteiger partial charge is 0.394 e. The van der Waals surface area contributed by atoms with Crippen molar-refractivity contribution in [3.63, 3.8) is 0 Å². The molecule has 0 aromatic rings. The van der Waals surface area contributed by atoms with Crippen molar-refractivity contribution in [1.82, 2.24) is 5.32 Å². The van der Waals surface area contributed by atoms with Crippen molar-refractivity contribution in [2.24, 2.45) is 0 Å². The van der Waals surface area contributed by atoms with Crippen molar-refractivity contribution in [3.8, 4) is 0 Å². The first-order valence-electron chi connectivity index (χ1n) is 4.72. The lowest BCUT2D eigenvalue weighted by Gasteiger charge is -2.28. The van der Waals surface area contributed by atoms with E-state index in [2.05, 4.69) is 5.32 Å². The normalized spacial score (nSPS) is 32.2. The lowest BCUT2D eigenvalue weighted by Crippen LogP contribution is -2.45. The SMILES string of the molecule is CC[C@H](F)C[C@]1(CO)CCCN1. The van der Waals surface area contributed by atoms with E-state index < -0.39 is 6.17 Å². The van der Waals surface area contributed by atoms with E-state index in [1.165, 1.54) is 0 Å². The molecule has 1 fully saturated rings. The van der Waals surface area contributed by atoms with Crippen LogP contribution in [-0.4, -0.2) is 30.0 Å². The second kappa shape index (κ2) is 4.19. The number of halogens is 1. The molecule has 0 bridgehead atoms. The van der Waals surface area contributed by atoms with Gasteiger partial charge in [0.05, 0.1) is 6.61 Å². The molecule has 1 saturated heterocycles. The van der Waals surface area contributed by atoms with E-state index in [-0.39, 0.29) is 12.1 Å². The van der Waals surface area contributed by atoms with Crippen molar-refractivity contribution in [2.75, 3.05) is 13.2 Å². The minimum Gasteiger partial charge on any atom is -0.394 e. The van der Waals surface area contributed by atoms with Gasteiger partial charge in [-0.25, -0.2) is 4.39 Å².